The maximum Gasteiger partial charge on any atom is 0.222 e. The van der Waals surface area contributed by atoms with Crippen LogP contribution < -0.4 is 16.2 Å². The fourth-order valence-electron chi connectivity index (χ4n) is 4.28. The van der Waals surface area contributed by atoms with Crippen LogP contribution in [0.5, 0.6) is 5.75 Å². The number of aliphatic imine (C=N–C) groups is 1. The lowest BCUT2D eigenvalue weighted by Crippen LogP contribution is -2.37. The Kier molecular flexibility index (Phi) is 5.39. The fraction of sp³-hybridized carbons (Fsp3) is 0.250. The number of fused-ring (bicyclic) bond motifs is 2. The SMILES string of the molecule is COc1cccc2c(N=C(N)CN3CCc4ccc(-c5cnn(C)c5)cc4C3)nc(N)nc12. The molecule has 1 aliphatic heterocycles. The van der Waals surface area contributed by atoms with Crippen LogP contribution in [0.3, 0.4) is 0 Å². The number of rotatable bonds is 5. The average Bonchev–Trinajstić information content (AvgIpc) is 3.24. The van der Waals surface area contributed by atoms with Crippen LogP contribution in [0.25, 0.3) is 22.0 Å². The second-order valence-electron chi connectivity index (χ2n) is 8.21. The molecule has 0 saturated heterocycles. The van der Waals surface area contributed by atoms with E-state index in [4.69, 9.17) is 16.2 Å². The van der Waals surface area contributed by atoms with Crippen LogP contribution in [-0.4, -0.2) is 50.7 Å². The number of benzene rings is 2. The first-order valence-corrected chi connectivity index (χ1v) is 10.8. The molecule has 9 nitrogen and oxygen atoms in total. The summed E-state index contributed by atoms with van der Waals surface area (Å²) in [5, 5.41) is 5.03. The van der Waals surface area contributed by atoms with E-state index in [0.29, 0.717) is 29.5 Å². The van der Waals surface area contributed by atoms with Crippen LogP contribution >= 0.6 is 0 Å². The van der Waals surface area contributed by atoms with Crippen LogP contribution in [0.15, 0.2) is 53.8 Å². The van der Waals surface area contributed by atoms with Crippen molar-refractivity contribution in [3.8, 4) is 16.9 Å². The second kappa shape index (κ2) is 8.51. The highest BCUT2D eigenvalue weighted by Crippen LogP contribution is 2.30. The maximum absolute atomic E-state index is 6.36. The van der Waals surface area contributed by atoms with Crippen molar-refractivity contribution in [3.05, 3.63) is 59.9 Å². The third kappa shape index (κ3) is 4.22. The normalized spacial score (nSPS) is 14.4. The first-order valence-electron chi connectivity index (χ1n) is 10.8. The Balaban J connectivity index is 1.38. The number of hydrogen-bond donors (Lipinski definition) is 2. The molecule has 0 spiro atoms. The van der Waals surface area contributed by atoms with Gasteiger partial charge in [0.15, 0.2) is 5.82 Å². The molecule has 2 aromatic carbocycles. The Morgan fingerprint density at radius 2 is 2.03 bits per heavy atom. The predicted molar refractivity (Wildman–Crippen MR) is 129 cm³/mol. The molecule has 9 heteroatoms. The second-order valence-corrected chi connectivity index (χ2v) is 8.21. The average molecular weight is 443 g/mol. The fourth-order valence-corrected chi connectivity index (χ4v) is 4.28. The first kappa shape index (κ1) is 20.9. The molecule has 0 aliphatic carbocycles. The van der Waals surface area contributed by atoms with Gasteiger partial charge in [0.25, 0.3) is 0 Å². The van der Waals surface area contributed by atoms with Gasteiger partial charge in [0.1, 0.15) is 17.1 Å². The molecule has 0 radical (unpaired) electrons. The summed E-state index contributed by atoms with van der Waals surface area (Å²) in [6, 6.07) is 12.2. The van der Waals surface area contributed by atoms with E-state index in [1.165, 1.54) is 16.7 Å². The van der Waals surface area contributed by atoms with Crippen LogP contribution in [0.2, 0.25) is 0 Å². The molecule has 0 fully saturated rings. The lowest BCUT2D eigenvalue weighted by Gasteiger charge is -2.28. The van der Waals surface area contributed by atoms with E-state index in [-0.39, 0.29) is 5.95 Å². The minimum Gasteiger partial charge on any atom is -0.494 e. The van der Waals surface area contributed by atoms with Gasteiger partial charge in [0.2, 0.25) is 5.95 Å². The molecular formula is C24H26N8O. The summed E-state index contributed by atoms with van der Waals surface area (Å²) < 4.78 is 7.22. The van der Waals surface area contributed by atoms with Crippen LogP contribution in [-0.2, 0) is 20.0 Å². The van der Waals surface area contributed by atoms with Crippen molar-refractivity contribution in [1.82, 2.24) is 24.6 Å². The van der Waals surface area contributed by atoms with Crippen LogP contribution in [0, 0.1) is 0 Å². The van der Waals surface area contributed by atoms with Crippen molar-refractivity contribution in [2.45, 2.75) is 13.0 Å². The van der Waals surface area contributed by atoms with Crippen molar-refractivity contribution < 1.29 is 4.74 Å². The summed E-state index contributed by atoms with van der Waals surface area (Å²) in [6.45, 7) is 2.25. The number of nitrogens with zero attached hydrogens (tertiary/aromatic N) is 6. The van der Waals surface area contributed by atoms with Gasteiger partial charge in [-0.15, -0.1) is 0 Å². The third-order valence-electron chi connectivity index (χ3n) is 5.88. The zero-order valence-electron chi connectivity index (χ0n) is 18.7. The molecule has 4 N–H and O–H groups in total. The van der Waals surface area contributed by atoms with E-state index in [9.17, 15) is 0 Å². The molecule has 1 aliphatic rings. The number of methoxy groups -OCH3 is 1. The smallest absolute Gasteiger partial charge is 0.222 e. The first-order chi connectivity index (χ1) is 16.0. The Morgan fingerprint density at radius 3 is 2.82 bits per heavy atom. The molecule has 0 unspecified atom stereocenters. The minimum atomic E-state index is 0.133. The summed E-state index contributed by atoms with van der Waals surface area (Å²) in [5.41, 5.74) is 17.9. The number of nitrogen functional groups attached to an aromatic ring is 1. The molecule has 2 aromatic heterocycles. The minimum absolute atomic E-state index is 0.133. The number of anilines is 1. The van der Waals surface area contributed by atoms with E-state index in [1.54, 1.807) is 7.11 Å². The van der Waals surface area contributed by atoms with E-state index in [0.717, 1.165) is 30.5 Å². The molecule has 0 bridgehead atoms. The van der Waals surface area contributed by atoms with Crippen molar-refractivity contribution in [3.63, 3.8) is 0 Å². The Bertz CT molecular complexity index is 1360. The number of aryl methyl sites for hydroxylation is 1. The number of amidine groups is 1. The lowest BCUT2D eigenvalue weighted by atomic mass is 9.95. The summed E-state index contributed by atoms with van der Waals surface area (Å²) in [5.74, 6) is 1.68. The quantitative estimate of drug-likeness (QED) is 0.360. The molecule has 0 saturated carbocycles. The molecule has 4 aromatic rings. The maximum atomic E-state index is 6.36. The van der Waals surface area contributed by atoms with Gasteiger partial charge < -0.3 is 16.2 Å². The van der Waals surface area contributed by atoms with Gasteiger partial charge in [0.05, 0.1) is 19.9 Å². The highest BCUT2D eigenvalue weighted by Gasteiger charge is 2.18. The summed E-state index contributed by atoms with van der Waals surface area (Å²) >= 11 is 0. The summed E-state index contributed by atoms with van der Waals surface area (Å²) in [4.78, 5) is 15.5. The number of ether oxygens (including phenoxy) is 1. The lowest BCUT2D eigenvalue weighted by molar-refractivity contribution is 0.289. The van der Waals surface area contributed by atoms with Crippen molar-refractivity contribution in [1.29, 1.82) is 0 Å². The van der Waals surface area contributed by atoms with Crippen molar-refractivity contribution in [2.24, 2.45) is 17.8 Å². The van der Waals surface area contributed by atoms with Crippen molar-refractivity contribution in [2.75, 3.05) is 25.9 Å². The number of aromatic nitrogens is 4. The third-order valence-corrected chi connectivity index (χ3v) is 5.88. The van der Waals surface area contributed by atoms with E-state index in [1.807, 2.05) is 42.3 Å². The standard InChI is InChI=1S/C24H26N8O/c1-31-12-18(11-27-31)16-7-6-15-8-9-32(13-17(15)10-16)14-21(25)28-23-19-4-3-5-20(33-2)22(19)29-24(26)30-23/h3-7,10-12H,8-9,13-14H2,1-2H3,(H4,25,26,28,29,30). The zero-order chi connectivity index (χ0) is 22.9. The van der Waals surface area contributed by atoms with Gasteiger partial charge >= 0.3 is 0 Å². The molecule has 168 valence electrons. The number of hydrogen-bond acceptors (Lipinski definition) is 7. The molecule has 3 heterocycles. The van der Waals surface area contributed by atoms with Crippen LogP contribution in [0.1, 0.15) is 11.1 Å². The van der Waals surface area contributed by atoms with E-state index < -0.39 is 0 Å². The van der Waals surface area contributed by atoms with Gasteiger partial charge in [0, 0.05) is 37.3 Å². The highest BCUT2D eigenvalue weighted by atomic mass is 16.5. The molecule has 0 atom stereocenters. The molecule has 0 amide bonds. The van der Waals surface area contributed by atoms with Gasteiger partial charge in [-0.3, -0.25) is 9.58 Å². The molecule has 5 rings (SSSR count). The Morgan fingerprint density at radius 1 is 1.15 bits per heavy atom. The summed E-state index contributed by atoms with van der Waals surface area (Å²) in [6.07, 6.45) is 4.88. The van der Waals surface area contributed by atoms with Crippen LogP contribution in [0.4, 0.5) is 11.8 Å². The van der Waals surface area contributed by atoms with Gasteiger partial charge in [-0.2, -0.15) is 10.1 Å². The van der Waals surface area contributed by atoms with Gasteiger partial charge in [-0.25, -0.2) is 9.98 Å². The largest absolute Gasteiger partial charge is 0.494 e. The Hall–Kier alpha value is -3.98. The van der Waals surface area contributed by atoms with E-state index >= 15 is 0 Å². The topological polar surface area (TPSA) is 120 Å². The molecule has 33 heavy (non-hydrogen) atoms. The van der Waals surface area contributed by atoms with Gasteiger partial charge in [-0.05, 0) is 41.3 Å². The molecular weight excluding hydrogens is 416 g/mol. The summed E-state index contributed by atoms with van der Waals surface area (Å²) in [7, 11) is 3.52. The van der Waals surface area contributed by atoms with Crippen molar-refractivity contribution >= 4 is 28.5 Å². The number of nitrogens with two attached hydrogens (primary N) is 2. The predicted octanol–water partition coefficient (Wildman–Crippen LogP) is 2.67. The van der Waals surface area contributed by atoms with Gasteiger partial charge in [-0.1, -0.05) is 18.2 Å². The number of para-hydroxylation sites is 1. The monoisotopic (exact) mass is 442 g/mol. The van der Waals surface area contributed by atoms with E-state index in [2.05, 4.69) is 43.2 Å². The zero-order valence-corrected chi connectivity index (χ0v) is 18.7. The Labute approximate surface area is 191 Å². The highest BCUT2D eigenvalue weighted by molar-refractivity contribution is 5.96.